The highest BCUT2D eigenvalue weighted by molar-refractivity contribution is 9.10. The molecule has 25 heavy (non-hydrogen) atoms. The first kappa shape index (κ1) is 17.3. The van der Waals surface area contributed by atoms with Crippen LogP contribution in [0.15, 0.2) is 58.0 Å². The Morgan fingerprint density at radius 1 is 1.08 bits per heavy atom. The van der Waals surface area contributed by atoms with Gasteiger partial charge in [0.2, 0.25) is 5.91 Å². The first-order valence-electron chi connectivity index (χ1n) is 7.20. The number of halogens is 2. The van der Waals surface area contributed by atoms with E-state index in [0.717, 1.165) is 9.37 Å². The van der Waals surface area contributed by atoms with Crippen molar-refractivity contribution in [1.29, 1.82) is 0 Å². The lowest BCUT2D eigenvalue weighted by Crippen LogP contribution is -2.58. The summed E-state index contributed by atoms with van der Waals surface area (Å²) < 4.78 is 0.723. The Labute approximate surface area is 156 Å². The molecule has 126 valence electrons. The van der Waals surface area contributed by atoms with Gasteiger partial charge in [0.15, 0.2) is 5.92 Å². The fraction of sp³-hybridized carbons (Fsp3) is 0.0588. The number of aliphatic imine (C=N–C) groups is 1. The average molecular weight is 421 g/mol. The molecule has 1 fully saturated rings. The molecule has 0 saturated carbocycles. The van der Waals surface area contributed by atoms with Crippen LogP contribution in [0.3, 0.4) is 0 Å². The molecule has 1 saturated heterocycles. The van der Waals surface area contributed by atoms with Crippen LogP contribution in [0.1, 0.15) is 0 Å². The lowest BCUT2D eigenvalue weighted by Gasteiger charge is -2.28. The SMILES string of the molecule is O=C1NC(=O)N(c2ccc(Cl)cc2)C(=O)[C@H]1C=Nc1ccccc1Br. The average Bonchev–Trinajstić information content (AvgIpc) is 2.57. The minimum Gasteiger partial charge on any atom is -0.276 e. The predicted octanol–water partition coefficient (Wildman–Crippen LogP) is 3.70. The third-order valence-electron chi connectivity index (χ3n) is 3.50. The lowest BCUT2D eigenvalue weighted by molar-refractivity contribution is -0.131. The Morgan fingerprint density at radius 3 is 2.44 bits per heavy atom. The molecule has 1 N–H and O–H groups in total. The Balaban J connectivity index is 1.90. The molecule has 2 aromatic rings. The number of benzene rings is 2. The number of nitrogens with zero attached hydrogens (tertiary/aromatic N) is 2. The second kappa shape index (κ2) is 7.16. The van der Waals surface area contributed by atoms with Gasteiger partial charge >= 0.3 is 6.03 Å². The summed E-state index contributed by atoms with van der Waals surface area (Å²) in [5, 5.41) is 2.63. The number of carbonyl (C=O) groups is 3. The molecule has 1 heterocycles. The van der Waals surface area contributed by atoms with Crippen LogP contribution in [-0.2, 0) is 9.59 Å². The van der Waals surface area contributed by atoms with Crippen LogP contribution < -0.4 is 10.2 Å². The molecule has 4 amide bonds. The summed E-state index contributed by atoms with van der Waals surface area (Å²) in [5.74, 6) is -2.59. The van der Waals surface area contributed by atoms with Gasteiger partial charge < -0.3 is 0 Å². The summed E-state index contributed by atoms with van der Waals surface area (Å²) in [5.41, 5.74) is 0.886. The van der Waals surface area contributed by atoms with Gasteiger partial charge in [-0.2, -0.15) is 0 Å². The quantitative estimate of drug-likeness (QED) is 0.607. The summed E-state index contributed by atoms with van der Waals surface area (Å²) >= 11 is 9.16. The fourth-order valence-electron chi connectivity index (χ4n) is 2.27. The summed E-state index contributed by atoms with van der Waals surface area (Å²) in [4.78, 5) is 41.8. The molecular weight excluding hydrogens is 410 g/mol. The van der Waals surface area contributed by atoms with Crippen molar-refractivity contribution in [2.24, 2.45) is 10.9 Å². The van der Waals surface area contributed by atoms with Crippen molar-refractivity contribution in [2.45, 2.75) is 0 Å². The second-order valence-electron chi connectivity index (χ2n) is 5.15. The van der Waals surface area contributed by atoms with Gasteiger partial charge in [-0.3, -0.25) is 19.9 Å². The van der Waals surface area contributed by atoms with Crippen LogP contribution in [-0.4, -0.2) is 24.1 Å². The van der Waals surface area contributed by atoms with Gasteiger partial charge in [-0.15, -0.1) is 0 Å². The number of rotatable bonds is 3. The molecule has 2 aromatic carbocycles. The third kappa shape index (κ3) is 3.62. The molecule has 0 aromatic heterocycles. The standard InChI is InChI=1S/C17H11BrClN3O3/c18-13-3-1-2-4-14(13)20-9-12-15(23)21-17(25)22(16(12)24)11-7-5-10(19)6-8-11/h1-9,12H,(H,21,23,25)/t12-/m0/s1. The maximum atomic E-state index is 12.6. The monoisotopic (exact) mass is 419 g/mol. The van der Waals surface area contributed by atoms with Gasteiger partial charge in [0.1, 0.15) is 0 Å². The summed E-state index contributed by atoms with van der Waals surface area (Å²) in [7, 11) is 0. The maximum Gasteiger partial charge on any atom is 0.335 e. The fourth-order valence-corrected chi connectivity index (χ4v) is 2.78. The smallest absolute Gasteiger partial charge is 0.276 e. The second-order valence-corrected chi connectivity index (χ2v) is 6.44. The lowest BCUT2D eigenvalue weighted by atomic mass is 10.1. The van der Waals surface area contributed by atoms with Crippen molar-refractivity contribution in [3.05, 3.63) is 58.0 Å². The molecule has 1 aliphatic rings. The summed E-state index contributed by atoms with van der Waals surface area (Å²) in [6.07, 6.45) is 1.23. The van der Waals surface area contributed by atoms with Gasteiger partial charge in [-0.25, -0.2) is 9.69 Å². The number of hydrogen-bond acceptors (Lipinski definition) is 4. The zero-order valence-corrected chi connectivity index (χ0v) is 15.0. The molecule has 0 spiro atoms. The Bertz CT molecular complexity index is 883. The van der Waals surface area contributed by atoms with E-state index in [1.807, 2.05) is 6.07 Å². The molecule has 0 radical (unpaired) electrons. The van der Waals surface area contributed by atoms with Crippen molar-refractivity contribution < 1.29 is 14.4 Å². The number of imide groups is 2. The van der Waals surface area contributed by atoms with Crippen molar-refractivity contribution in [1.82, 2.24) is 5.32 Å². The highest BCUT2D eigenvalue weighted by atomic mass is 79.9. The molecule has 8 heteroatoms. The van der Waals surface area contributed by atoms with E-state index in [9.17, 15) is 14.4 Å². The Morgan fingerprint density at radius 2 is 1.76 bits per heavy atom. The summed E-state index contributed by atoms with van der Waals surface area (Å²) in [6, 6.07) is 12.5. The zero-order chi connectivity index (χ0) is 18.0. The number of para-hydroxylation sites is 1. The first-order chi connectivity index (χ1) is 12.0. The van der Waals surface area contributed by atoms with E-state index >= 15 is 0 Å². The zero-order valence-electron chi connectivity index (χ0n) is 12.6. The highest BCUT2D eigenvalue weighted by Crippen LogP contribution is 2.26. The van der Waals surface area contributed by atoms with Gasteiger partial charge in [0, 0.05) is 15.7 Å². The third-order valence-corrected chi connectivity index (χ3v) is 4.42. The van der Waals surface area contributed by atoms with Crippen LogP contribution in [0.2, 0.25) is 5.02 Å². The van der Waals surface area contributed by atoms with E-state index in [0.29, 0.717) is 16.4 Å². The molecule has 1 atom stereocenters. The van der Waals surface area contributed by atoms with E-state index in [4.69, 9.17) is 11.6 Å². The molecule has 6 nitrogen and oxygen atoms in total. The van der Waals surface area contributed by atoms with Gasteiger partial charge in [0.05, 0.1) is 11.4 Å². The van der Waals surface area contributed by atoms with E-state index in [1.165, 1.54) is 18.3 Å². The predicted molar refractivity (Wildman–Crippen MR) is 98.3 cm³/mol. The maximum absolute atomic E-state index is 12.6. The molecule has 0 aliphatic carbocycles. The van der Waals surface area contributed by atoms with Crippen LogP contribution in [0.25, 0.3) is 0 Å². The van der Waals surface area contributed by atoms with Crippen LogP contribution in [0.5, 0.6) is 0 Å². The van der Waals surface area contributed by atoms with E-state index in [2.05, 4.69) is 26.2 Å². The number of amides is 4. The molecule has 0 unspecified atom stereocenters. The van der Waals surface area contributed by atoms with Crippen molar-refractivity contribution in [3.63, 3.8) is 0 Å². The van der Waals surface area contributed by atoms with Crippen molar-refractivity contribution >= 4 is 63.0 Å². The summed E-state index contributed by atoms with van der Waals surface area (Å²) in [6.45, 7) is 0. The number of anilines is 1. The highest BCUT2D eigenvalue weighted by Gasteiger charge is 2.40. The topological polar surface area (TPSA) is 78.8 Å². The van der Waals surface area contributed by atoms with Crippen LogP contribution >= 0.6 is 27.5 Å². The largest absolute Gasteiger partial charge is 0.335 e. The van der Waals surface area contributed by atoms with E-state index in [1.54, 1.807) is 30.3 Å². The number of barbiturate groups is 1. The minimum atomic E-state index is -1.21. The van der Waals surface area contributed by atoms with Gasteiger partial charge in [0.25, 0.3) is 5.91 Å². The van der Waals surface area contributed by atoms with E-state index < -0.39 is 23.8 Å². The number of urea groups is 1. The minimum absolute atomic E-state index is 0.318. The molecular formula is C17H11BrClN3O3. The normalized spacial score (nSPS) is 17.9. The number of nitrogens with one attached hydrogen (secondary N) is 1. The van der Waals surface area contributed by atoms with Crippen LogP contribution in [0.4, 0.5) is 16.2 Å². The molecule has 3 rings (SSSR count). The molecule has 1 aliphatic heterocycles. The van der Waals surface area contributed by atoms with Crippen molar-refractivity contribution in [2.75, 3.05) is 4.90 Å². The van der Waals surface area contributed by atoms with Crippen molar-refractivity contribution in [3.8, 4) is 0 Å². The number of hydrogen-bond donors (Lipinski definition) is 1. The van der Waals surface area contributed by atoms with Crippen LogP contribution in [0, 0.1) is 5.92 Å². The Hall–Kier alpha value is -2.51. The Kier molecular flexibility index (Phi) is 4.96. The first-order valence-corrected chi connectivity index (χ1v) is 8.37. The number of carbonyl (C=O) groups excluding carboxylic acids is 3. The van der Waals surface area contributed by atoms with E-state index in [-0.39, 0.29) is 0 Å². The van der Waals surface area contributed by atoms with Gasteiger partial charge in [-0.1, -0.05) is 23.7 Å². The van der Waals surface area contributed by atoms with Gasteiger partial charge in [-0.05, 0) is 52.3 Å². The molecule has 0 bridgehead atoms.